The molecule has 1 atom stereocenters. The molecule has 0 saturated heterocycles. The van der Waals surface area contributed by atoms with Gasteiger partial charge in [-0.1, -0.05) is 37.3 Å². The minimum atomic E-state index is -0.791. The zero-order valence-corrected chi connectivity index (χ0v) is 14.4. The van der Waals surface area contributed by atoms with Crippen LogP contribution in [0.2, 0.25) is 0 Å². The summed E-state index contributed by atoms with van der Waals surface area (Å²) < 4.78 is 4.94. The number of carbonyl (C=O) groups excluding carboxylic acids is 1. The van der Waals surface area contributed by atoms with E-state index in [1.807, 2.05) is 25.1 Å². The molecule has 4 heteroatoms. The van der Waals surface area contributed by atoms with Crippen LogP contribution in [0.4, 0.5) is 0 Å². The first-order valence-electron chi connectivity index (χ1n) is 8.12. The summed E-state index contributed by atoms with van der Waals surface area (Å²) in [6, 6.07) is 11.5. The third-order valence-corrected chi connectivity index (χ3v) is 4.06. The van der Waals surface area contributed by atoms with E-state index in [9.17, 15) is 15.0 Å². The monoisotopic (exact) mass is 328 g/mol. The van der Waals surface area contributed by atoms with Crippen LogP contribution >= 0.6 is 0 Å². The second kappa shape index (κ2) is 7.97. The van der Waals surface area contributed by atoms with Gasteiger partial charge in [-0.25, -0.2) is 0 Å². The highest BCUT2D eigenvalue weighted by Crippen LogP contribution is 2.31. The van der Waals surface area contributed by atoms with Crippen LogP contribution in [0.25, 0.3) is 0 Å². The number of benzene rings is 2. The standard InChI is InChI=1S/C20H24O4/c1-4-15-5-7-16(8-6-15)10-18(22)20-13(2)9-17(11-19(20)23)12-24-14(3)21/h5-9,11,18,22-23H,4,10,12H2,1-3H3. The van der Waals surface area contributed by atoms with Crippen molar-refractivity contribution in [2.24, 2.45) is 0 Å². The number of ether oxygens (including phenoxy) is 1. The molecule has 2 N–H and O–H groups in total. The van der Waals surface area contributed by atoms with Crippen LogP contribution in [0.1, 0.15) is 47.8 Å². The van der Waals surface area contributed by atoms with Crippen molar-refractivity contribution in [3.8, 4) is 5.75 Å². The molecule has 0 radical (unpaired) electrons. The normalized spacial score (nSPS) is 12.0. The summed E-state index contributed by atoms with van der Waals surface area (Å²) in [6.45, 7) is 5.38. The molecule has 0 saturated carbocycles. The van der Waals surface area contributed by atoms with Gasteiger partial charge in [0, 0.05) is 18.9 Å². The summed E-state index contributed by atoms with van der Waals surface area (Å²) in [5.74, 6) is -0.346. The third kappa shape index (κ3) is 4.59. The van der Waals surface area contributed by atoms with Gasteiger partial charge in [-0.2, -0.15) is 0 Å². The molecule has 0 aliphatic carbocycles. The average molecular weight is 328 g/mol. The molecule has 0 amide bonds. The highest BCUT2D eigenvalue weighted by Gasteiger charge is 2.17. The van der Waals surface area contributed by atoms with E-state index in [0.29, 0.717) is 17.5 Å². The van der Waals surface area contributed by atoms with Gasteiger partial charge in [0.15, 0.2) is 0 Å². The van der Waals surface area contributed by atoms with Gasteiger partial charge >= 0.3 is 5.97 Å². The Morgan fingerprint density at radius 1 is 1.12 bits per heavy atom. The van der Waals surface area contributed by atoms with Gasteiger partial charge in [0.05, 0.1) is 6.10 Å². The van der Waals surface area contributed by atoms with E-state index in [-0.39, 0.29) is 18.3 Å². The van der Waals surface area contributed by atoms with Crippen molar-refractivity contribution in [2.45, 2.75) is 46.3 Å². The quantitative estimate of drug-likeness (QED) is 0.795. The van der Waals surface area contributed by atoms with Crippen molar-refractivity contribution >= 4 is 5.97 Å². The van der Waals surface area contributed by atoms with Gasteiger partial charge in [0.1, 0.15) is 12.4 Å². The molecule has 128 valence electrons. The lowest BCUT2D eigenvalue weighted by atomic mass is 9.94. The summed E-state index contributed by atoms with van der Waals surface area (Å²) >= 11 is 0. The lowest BCUT2D eigenvalue weighted by molar-refractivity contribution is -0.142. The molecule has 2 aromatic rings. The first-order valence-corrected chi connectivity index (χ1v) is 8.12. The maximum atomic E-state index is 10.9. The van der Waals surface area contributed by atoms with E-state index in [2.05, 4.69) is 19.1 Å². The summed E-state index contributed by atoms with van der Waals surface area (Å²) in [4.78, 5) is 10.9. The van der Waals surface area contributed by atoms with Gasteiger partial charge in [-0.3, -0.25) is 4.79 Å². The van der Waals surface area contributed by atoms with E-state index in [1.54, 1.807) is 0 Å². The summed E-state index contributed by atoms with van der Waals surface area (Å²) in [5, 5.41) is 20.8. The number of hydrogen-bond donors (Lipinski definition) is 2. The number of aliphatic hydroxyl groups excluding tert-OH is 1. The molecule has 0 aliphatic rings. The minimum Gasteiger partial charge on any atom is -0.508 e. The molecule has 24 heavy (non-hydrogen) atoms. The number of esters is 1. The highest BCUT2D eigenvalue weighted by molar-refractivity contribution is 5.66. The maximum absolute atomic E-state index is 10.9. The van der Waals surface area contributed by atoms with E-state index in [1.165, 1.54) is 18.6 Å². The lowest BCUT2D eigenvalue weighted by Crippen LogP contribution is -2.06. The fraction of sp³-hybridized carbons (Fsp3) is 0.350. The molecule has 0 fully saturated rings. The van der Waals surface area contributed by atoms with E-state index in [4.69, 9.17) is 4.74 Å². The van der Waals surface area contributed by atoms with Crippen molar-refractivity contribution in [1.29, 1.82) is 0 Å². The molecule has 0 aliphatic heterocycles. The molecule has 2 aromatic carbocycles. The third-order valence-electron chi connectivity index (χ3n) is 4.06. The zero-order valence-electron chi connectivity index (χ0n) is 14.4. The van der Waals surface area contributed by atoms with Crippen LogP contribution in [0.3, 0.4) is 0 Å². The van der Waals surface area contributed by atoms with Crippen LogP contribution in [0, 0.1) is 6.92 Å². The van der Waals surface area contributed by atoms with Crippen molar-refractivity contribution in [1.82, 2.24) is 0 Å². The predicted molar refractivity (Wildman–Crippen MR) is 92.8 cm³/mol. The Morgan fingerprint density at radius 2 is 1.75 bits per heavy atom. The number of aliphatic hydroxyl groups is 1. The first-order chi connectivity index (χ1) is 11.4. The van der Waals surface area contributed by atoms with Crippen molar-refractivity contribution in [3.05, 3.63) is 64.2 Å². The van der Waals surface area contributed by atoms with Crippen LogP contribution in [0.5, 0.6) is 5.75 Å². The molecule has 0 spiro atoms. The molecular weight excluding hydrogens is 304 g/mol. The average Bonchev–Trinajstić information content (AvgIpc) is 2.53. The Morgan fingerprint density at radius 3 is 2.29 bits per heavy atom. The van der Waals surface area contributed by atoms with Crippen molar-refractivity contribution in [3.63, 3.8) is 0 Å². The Kier molecular flexibility index (Phi) is 5.99. The Balaban J connectivity index is 2.15. The van der Waals surface area contributed by atoms with Gasteiger partial charge in [-0.15, -0.1) is 0 Å². The van der Waals surface area contributed by atoms with Crippen LogP contribution in [-0.4, -0.2) is 16.2 Å². The molecular formula is C20H24O4. The molecule has 0 aromatic heterocycles. The van der Waals surface area contributed by atoms with E-state index in [0.717, 1.165) is 17.5 Å². The fourth-order valence-corrected chi connectivity index (χ4v) is 2.79. The van der Waals surface area contributed by atoms with Crippen molar-refractivity contribution in [2.75, 3.05) is 0 Å². The van der Waals surface area contributed by atoms with Gasteiger partial charge in [-0.05, 0) is 41.7 Å². The molecule has 0 bridgehead atoms. The topological polar surface area (TPSA) is 66.8 Å². The number of carbonyl (C=O) groups is 1. The number of phenolic OH excluding ortho intramolecular Hbond substituents is 1. The smallest absolute Gasteiger partial charge is 0.302 e. The summed E-state index contributed by atoms with van der Waals surface area (Å²) in [5.41, 5.74) is 4.25. The molecule has 0 heterocycles. The molecule has 1 unspecified atom stereocenters. The Hall–Kier alpha value is -2.33. The predicted octanol–water partition coefficient (Wildman–Crippen LogP) is 3.60. The zero-order chi connectivity index (χ0) is 17.7. The molecule has 2 rings (SSSR count). The Bertz CT molecular complexity index is 681. The number of aromatic hydroxyl groups is 1. The number of rotatable bonds is 6. The maximum Gasteiger partial charge on any atom is 0.302 e. The fourth-order valence-electron chi connectivity index (χ4n) is 2.79. The largest absolute Gasteiger partial charge is 0.508 e. The highest BCUT2D eigenvalue weighted by atomic mass is 16.5. The van der Waals surface area contributed by atoms with Gasteiger partial charge < -0.3 is 14.9 Å². The second-order valence-electron chi connectivity index (χ2n) is 6.02. The van der Waals surface area contributed by atoms with E-state index < -0.39 is 6.10 Å². The number of phenols is 1. The number of hydrogen-bond acceptors (Lipinski definition) is 4. The summed E-state index contributed by atoms with van der Waals surface area (Å²) in [6.07, 6.45) is 0.619. The van der Waals surface area contributed by atoms with Crippen LogP contribution < -0.4 is 0 Å². The number of aryl methyl sites for hydroxylation is 2. The van der Waals surface area contributed by atoms with Gasteiger partial charge in [0.2, 0.25) is 0 Å². The SMILES string of the molecule is CCc1ccc(CC(O)c2c(C)cc(COC(C)=O)cc2O)cc1. The van der Waals surface area contributed by atoms with E-state index >= 15 is 0 Å². The first kappa shape index (κ1) is 18.0. The van der Waals surface area contributed by atoms with Crippen LogP contribution in [-0.2, 0) is 29.0 Å². The summed E-state index contributed by atoms with van der Waals surface area (Å²) in [7, 11) is 0. The minimum absolute atomic E-state index is 0.0230. The molecule has 4 nitrogen and oxygen atoms in total. The van der Waals surface area contributed by atoms with Crippen molar-refractivity contribution < 1.29 is 19.7 Å². The van der Waals surface area contributed by atoms with Crippen LogP contribution in [0.15, 0.2) is 36.4 Å². The van der Waals surface area contributed by atoms with Gasteiger partial charge in [0.25, 0.3) is 0 Å². The lowest BCUT2D eigenvalue weighted by Gasteiger charge is -2.17. The Labute approximate surface area is 142 Å². The second-order valence-corrected chi connectivity index (χ2v) is 6.02.